The molecule has 0 aromatic heterocycles. The number of amides is 2. The molecule has 0 aromatic carbocycles. The molecule has 17 heavy (non-hydrogen) atoms. The predicted molar refractivity (Wildman–Crippen MR) is 61.4 cm³/mol. The van der Waals surface area contributed by atoms with Crippen LogP contribution in [0.3, 0.4) is 0 Å². The SMILES string of the molecule is CC(=O)C1CCCN(C(=O)OC(C)(C)C)C1=O. The number of likely N-dealkylation sites (tertiary alicyclic amines) is 1. The van der Waals surface area contributed by atoms with Crippen LogP contribution < -0.4 is 0 Å². The van der Waals surface area contributed by atoms with E-state index in [9.17, 15) is 14.4 Å². The zero-order valence-corrected chi connectivity index (χ0v) is 10.8. The predicted octanol–water partition coefficient (Wildman–Crippen LogP) is 1.75. The Kier molecular flexibility index (Phi) is 3.91. The number of carbonyl (C=O) groups excluding carboxylic acids is 3. The van der Waals surface area contributed by atoms with E-state index in [-0.39, 0.29) is 5.78 Å². The highest BCUT2D eigenvalue weighted by Crippen LogP contribution is 2.21. The van der Waals surface area contributed by atoms with Crippen molar-refractivity contribution in [2.75, 3.05) is 6.54 Å². The fourth-order valence-electron chi connectivity index (χ4n) is 1.75. The highest BCUT2D eigenvalue weighted by molar-refractivity contribution is 6.05. The average Bonchev–Trinajstić information content (AvgIpc) is 2.14. The molecule has 1 fully saturated rings. The molecule has 2 amide bonds. The van der Waals surface area contributed by atoms with Gasteiger partial charge in [0.1, 0.15) is 11.4 Å². The van der Waals surface area contributed by atoms with Gasteiger partial charge in [0.25, 0.3) is 0 Å². The molecule has 0 spiro atoms. The standard InChI is InChI=1S/C12H19NO4/c1-8(14)9-6-5-7-13(10(9)15)11(16)17-12(2,3)4/h9H,5-7H2,1-4H3. The monoisotopic (exact) mass is 241 g/mol. The zero-order valence-electron chi connectivity index (χ0n) is 10.8. The Hall–Kier alpha value is -1.39. The van der Waals surface area contributed by atoms with E-state index in [2.05, 4.69) is 0 Å². The molecule has 1 atom stereocenters. The molecular weight excluding hydrogens is 222 g/mol. The fraction of sp³-hybridized carbons (Fsp3) is 0.750. The lowest BCUT2D eigenvalue weighted by Crippen LogP contribution is -2.48. The van der Waals surface area contributed by atoms with Crippen molar-refractivity contribution >= 4 is 17.8 Å². The van der Waals surface area contributed by atoms with Crippen LogP contribution in [0.5, 0.6) is 0 Å². The van der Waals surface area contributed by atoms with Crippen LogP contribution >= 0.6 is 0 Å². The molecule has 0 saturated carbocycles. The maximum absolute atomic E-state index is 11.9. The highest BCUT2D eigenvalue weighted by Gasteiger charge is 2.37. The van der Waals surface area contributed by atoms with Gasteiger partial charge >= 0.3 is 6.09 Å². The van der Waals surface area contributed by atoms with E-state index in [1.54, 1.807) is 20.8 Å². The number of nitrogens with zero attached hydrogens (tertiary/aromatic N) is 1. The first kappa shape index (κ1) is 13.7. The summed E-state index contributed by atoms with van der Waals surface area (Å²) in [6.07, 6.45) is 0.510. The summed E-state index contributed by atoms with van der Waals surface area (Å²) in [5, 5.41) is 0. The lowest BCUT2D eigenvalue weighted by molar-refractivity contribution is -0.142. The lowest BCUT2D eigenvalue weighted by Gasteiger charge is -2.31. The smallest absolute Gasteiger partial charge is 0.417 e. The average molecular weight is 241 g/mol. The van der Waals surface area contributed by atoms with Crippen molar-refractivity contribution in [1.29, 1.82) is 0 Å². The first-order chi connectivity index (χ1) is 7.72. The summed E-state index contributed by atoms with van der Waals surface area (Å²) < 4.78 is 5.13. The van der Waals surface area contributed by atoms with Gasteiger partial charge in [0, 0.05) is 6.54 Å². The molecule has 0 radical (unpaired) electrons. The van der Waals surface area contributed by atoms with Crippen LogP contribution in [0, 0.1) is 5.92 Å². The van der Waals surface area contributed by atoms with Gasteiger partial charge in [0.05, 0.1) is 5.92 Å². The Bertz CT molecular complexity index is 343. The first-order valence-electron chi connectivity index (χ1n) is 5.77. The van der Waals surface area contributed by atoms with Gasteiger partial charge in [0.2, 0.25) is 5.91 Å². The van der Waals surface area contributed by atoms with Crippen molar-refractivity contribution in [3.8, 4) is 0 Å². The van der Waals surface area contributed by atoms with Crippen LogP contribution in [0.4, 0.5) is 4.79 Å². The number of imide groups is 1. The number of carbonyl (C=O) groups is 3. The van der Waals surface area contributed by atoms with E-state index in [4.69, 9.17) is 4.74 Å². The third-order valence-electron chi connectivity index (χ3n) is 2.54. The minimum Gasteiger partial charge on any atom is -0.443 e. The number of rotatable bonds is 1. The molecule has 5 nitrogen and oxygen atoms in total. The van der Waals surface area contributed by atoms with E-state index in [0.717, 1.165) is 4.90 Å². The molecule has 1 rings (SSSR count). The van der Waals surface area contributed by atoms with Crippen molar-refractivity contribution < 1.29 is 19.1 Å². The number of ketones is 1. The molecule has 96 valence electrons. The largest absolute Gasteiger partial charge is 0.443 e. The second kappa shape index (κ2) is 4.85. The van der Waals surface area contributed by atoms with Gasteiger partial charge in [-0.1, -0.05) is 0 Å². The van der Waals surface area contributed by atoms with E-state index in [1.165, 1.54) is 6.92 Å². The third kappa shape index (κ3) is 3.54. The number of hydrogen-bond donors (Lipinski definition) is 0. The summed E-state index contributed by atoms with van der Waals surface area (Å²) >= 11 is 0. The molecule has 5 heteroatoms. The van der Waals surface area contributed by atoms with Crippen LogP contribution in [0.25, 0.3) is 0 Å². The number of hydrogen-bond acceptors (Lipinski definition) is 4. The van der Waals surface area contributed by atoms with Crippen LogP contribution in [-0.2, 0) is 14.3 Å². The highest BCUT2D eigenvalue weighted by atomic mass is 16.6. The van der Waals surface area contributed by atoms with Gasteiger partial charge in [-0.25, -0.2) is 9.69 Å². The minimum atomic E-state index is -0.684. The molecule has 1 saturated heterocycles. The molecular formula is C12H19NO4. The zero-order chi connectivity index (χ0) is 13.2. The summed E-state index contributed by atoms with van der Waals surface area (Å²) in [5.74, 6) is -1.31. The summed E-state index contributed by atoms with van der Waals surface area (Å²) in [5.41, 5.74) is -0.638. The van der Waals surface area contributed by atoms with E-state index < -0.39 is 23.5 Å². The molecule has 0 bridgehead atoms. The number of piperidine rings is 1. The molecule has 0 aromatic rings. The van der Waals surface area contributed by atoms with Gasteiger partial charge < -0.3 is 4.74 Å². The Morgan fingerprint density at radius 3 is 2.41 bits per heavy atom. The maximum Gasteiger partial charge on any atom is 0.417 e. The normalized spacial score (nSPS) is 21.3. The van der Waals surface area contributed by atoms with Gasteiger partial charge in [-0.15, -0.1) is 0 Å². The molecule has 0 aliphatic carbocycles. The quantitative estimate of drug-likeness (QED) is 0.656. The Morgan fingerprint density at radius 1 is 1.35 bits per heavy atom. The van der Waals surface area contributed by atoms with Gasteiger partial charge in [-0.2, -0.15) is 0 Å². The summed E-state index contributed by atoms with van der Waals surface area (Å²) in [7, 11) is 0. The molecule has 1 aliphatic heterocycles. The van der Waals surface area contributed by atoms with Gasteiger partial charge in [-0.05, 0) is 40.5 Å². The fourth-order valence-corrected chi connectivity index (χ4v) is 1.75. The number of Topliss-reactive ketones (excluding diaryl/α,β-unsaturated/α-hetero) is 1. The van der Waals surface area contributed by atoms with Crippen LogP contribution in [0.1, 0.15) is 40.5 Å². The van der Waals surface area contributed by atoms with E-state index in [1.807, 2.05) is 0 Å². The molecule has 0 N–H and O–H groups in total. The molecule has 1 aliphatic rings. The lowest BCUT2D eigenvalue weighted by atomic mass is 9.94. The maximum atomic E-state index is 11.9. The Labute approximate surface area is 101 Å². The van der Waals surface area contributed by atoms with Crippen LogP contribution in [0.15, 0.2) is 0 Å². The van der Waals surface area contributed by atoms with Crippen molar-refractivity contribution in [2.24, 2.45) is 5.92 Å². The Morgan fingerprint density at radius 2 is 1.94 bits per heavy atom. The third-order valence-corrected chi connectivity index (χ3v) is 2.54. The van der Waals surface area contributed by atoms with Crippen molar-refractivity contribution in [3.63, 3.8) is 0 Å². The summed E-state index contributed by atoms with van der Waals surface area (Å²) in [4.78, 5) is 36.0. The van der Waals surface area contributed by atoms with E-state index in [0.29, 0.717) is 19.4 Å². The topological polar surface area (TPSA) is 63.7 Å². The minimum absolute atomic E-state index is 0.191. The molecule has 1 unspecified atom stereocenters. The van der Waals surface area contributed by atoms with Gasteiger partial charge in [-0.3, -0.25) is 9.59 Å². The summed E-state index contributed by atoms with van der Waals surface area (Å²) in [6.45, 7) is 6.92. The van der Waals surface area contributed by atoms with E-state index >= 15 is 0 Å². The summed E-state index contributed by atoms with van der Waals surface area (Å²) in [6, 6.07) is 0. The van der Waals surface area contributed by atoms with Crippen LogP contribution in [0.2, 0.25) is 0 Å². The van der Waals surface area contributed by atoms with Crippen LogP contribution in [-0.4, -0.2) is 34.8 Å². The number of ether oxygens (including phenoxy) is 1. The first-order valence-corrected chi connectivity index (χ1v) is 5.77. The van der Waals surface area contributed by atoms with Gasteiger partial charge in [0.15, 0.2) is 0 Å². The second-order valence-electron chi connectivity index (χ2n) is 5.28. The van der Waals surface area contributed by atoms with Crippen molar-refractivity contribution in [2.45, 2.75) is 46.1 Å². The second-order valence-corrected chi connectivity index (χ2v) is 5.28. The molecule has 1 heterocycles. The van der Waals surface area contributed by atoms with Crippen molar-refractivity contribution in [3.05, 3.63) is 0 Å². The van der Waals surface area contributed by atoms with Crippen molar-refractivity contribution in [1.82, 2.24) is 4.90 Å². The Balaban J connectivity index is 2.74.